The Hall–Kier alpha value is -3.06. The summed E-state index contributed by atoms with van der Waals surface area (Å²) in [6.07, 6.45) is 0. The summed E-state index contributed by atoms with van der Waals surface area (Å²) in [4.78, 5) is 49.1. The normalized spacial score (nSPS) is 10.1. The van der Waals surface area contributed by atoms with Gasteiger partial charge in [-0.15, -0.1) is 0 Å². The van der Waals surface area contributed by atoms with Gasteiger partial charge >= 0.3 is 0 Å². The molecular formula is C34H66N4O8. The van der Waals surface area contributed by atoms with Crippen molar-refractivity contribution in [1.82, 2.24) is 0 Å². The summed E-state index contributed by atoms with van der Waals surface area (Å²) in [7, 11) is 0. The number of aromatic carboxylic acids is 4. The Labute approximate surface area is 279 Å². The van der Waals surface area contributed by atoms with Crippen molar-refractivity contribution >= 4 is 23.9 Å². The number of carboxylic acids is 4. The number of carbonyl (C=O) groups excluding carboxylic acids is 4. The number of rotatable bonds is 16. The highest BCUT2D eigenvalue weighted by molar-refractivity contribution is 6.07. The standard InChI is InChI=1S/C10H6O8.4C6H15N/c11-7(12)3-1-4(8(13)14)6(10(17)18)2-5(3)9(15)16;4*1-4-7(5-2)6-3/h1-2H,(H,11,12)(H,13,14)(H,15,16)(H,17,18);4*4-6H2,1-3H3. The summed E-state index contributed by atoms with van der Waals surface area (Å²) < 4.78 is 0. The van der Waals surface area contributed by atoms with E-state index >= 15 is 0 Å². The van der Waals surface area contributed by atoms with Gasteiger partial charge in [0.15, 0.2) is 0 Å². The first-order chi connectivity index (χ1) is 21.6. The molecule has 0 aliphatic heterocycles. The fourth-order valence-electron chi connectivity index (χ4n) is 4.28. The van der Waals surface area contributed by atoms with Crippen molar-refractivity contribution in [3.8, 4) is 0 Å². The lowest BCUT2D eigenvalue weighted by Gasteiger charge is -2.18. The lowest BCUT2D eigenvalue weighted by atomic mass is 9.98. The SMILES string of the molecule is CC[NH+](CC)CC.CC[NH+](CC)CC.CC[NH+](CC)CC.CC[NH+](CC)CC.O=C([O-])c1cc(C(=O)[O-])c(C(=O)[O-])cc1C(=O)[O-]. The van der Waals surface area contributed by atoms with Crippen molar-refractivity contribution in [1.29, 1.82) is 0 Å². The summed E-state index contributed by atoms with van der Waals surface area (Å²) >= 11 is 0. The topological polar surface area (TPSA) is 178 Å². The number of carbonyl (C=O) groups is 4. The summed E-state index contributed by atoms with van der Waals surface area (Å²) in [5.74, 6) is -7.99. The third-order valence-corrected chi connectivity index (χ3v) is 8.04. The van der Waals surface area contributed by atoms with E-state index in [9.17, 15) is 39.6 Å². The quantitative estimate of drug-likeness (QED) is 0.136. The van der Waals surface area contributed by atoms with E-state index in [0.29, 0.717) is 12.1 Å². The number of quaternary nitrogens is 4. The predicted octanol–water partition coefficient (Wildman–Crippen LogP) is -5.14. The molecule has 0 fully saturated rings. The minimum atomic E-state index is -2.00. The van der Waals surface area contributed by atoms with Crippen LogP contribution in [0.2, 0.25) is 0 Å². The Morgan fingerprint density at radius 3 is 0.500 bits per heavy atom. The minimum Gasteiger partial charge on any atom is -0.545 e. The second-order valence-corrected chi connectivity index (χ2v) is 10.3. The number of carboxylic acid groups (broad SMARTS) is 4. The maximum atomic E-state index is 10.6. The molecule has 0 spiro atoms. The van der Waals surface area contributed by atoms with E-state index in [1.807, 2.05) is 0 Å². The highest BCUT2D eigenvalue weighted by Gasteiger charge is 2.13. The van der Waals surface area contributed by atoms with Gasteiger partial charge < -0.3 is 59.2 Å². The van der Waals surface area contributed by atoms with Gasteiger partial charge in [0.1, 0.15) is 0 Å². The zero-order valence-corrected chi connectivity index (χ0v) is 30.9. The van der Waals surface area contributed by atoms with Gasteiger partial charge in [-0.25, -0.2) is 0 Å². The Morgan fingerprint density at radius 2 is 0.457 bits per heavy atom. The van der Waals surface area contributed by atoms with Gasteiger partial charge in [0.2, 0.25) is 0 Å². The van der Waals surface area contributed by atoms with Crippen LogP contribution in [-0.2, 0) is 0 Å². The van der Waals surface area contributed by atoms with Gasteiger partial charge in [0, 0.05) is 22.3 Å². The molecule has 1 aromatic rings. The number of hydrogen-bond donors (Lipinski definition) is 4. The molecule has 0 aliphatic carbocycles. The van der Waals surface area contributed by atoms with Crippen LogP contribution in [0.3, 0.4) is 0 Å². The van der Waals surface area contributed by atoms with Gasteiger partial charge in [-0.2, -0.15) is 0 Å². The van der Waals surface area contributed by atoms with Gasteiger partial charge in [-0.05, 0) is 95.2 Å². The number of hydrogen-bond acceptors (Lipinski definition) is 8. The van der Waals surface area contributed by atoms with E-state index in [4.69, 9.17) is 0 Å². The van der Waals surface area contributed by atoms with Crippen LogP contribution >= 0.6 is 0 Å². The maximum absolute atomic E-state index is 10.6. The molecule has 1 aromatic carbocycles. The zero-order valence-electron chi connectivity index (χ0n) is 30.9. The molecule has 0 aromatic heterocycles. The molecule has 0 amide bonds. The molecule has 0 saturated carbocycles. The van der Waals surface area contributed by atoms with Gasteiger partial charge in [-0.1, -0.05) is 0 Å². The molecule has 46 heavy (non-hydrogen) atoms. The Bertz CT molecular complexity index is 775. The number of benzene rings is 1. The van der Waals surface area contributed by atoms with Crippen molar-refractivity contribution < 1.29 is 59.2 Å². The van der Waals surface area contributed by atoms with Crippen molar-refractivity contribution in [2.75, 3.05) is 78.5 Å². The van der Waals surface area contributed by atoms with Crippen LogP contribution < -0.4 is 40.0 Å². The summed E-state index contributed by atoms with van der Waals surface area (Å²) in [5, 5.41) is 42.4. The average molecular weight is 659 g/mol. The Morgan fingerprint density at radius 1 is 0.348 bits per heavy atom. The van der Waals surface area contributed by atoms with Crippen molar-refractivity contribution in [3.63, 3.8) is 0 Å². The molecule has 4 N–H and O–H groups in total. The largest absolute Gasteiger partial charge is 0.545 e. The molecule has 0 unspecified atom stereocenters. The molecule has 12 nitrogen and oxygen atoms in total. The molecule has 1 rings (SSSR count). The predicted molar refractivity (Wildman–Crippen MR) is 174 cm³/mol. The first kappa shape index (κ1) is 49.8. The Kier molecular flexibility index (Phi) is 34.5. The lowest BCUT2D eigenvalue weighted by Crippen LogP contribution is -3.11. The smallest absolute Gasteiger partial charge is 0.0742 e. The maximum Gasteiger partial charge on any atom is 0.0742 e. The van der Waals surface area contributed by atoms with Crippen LogP contribution in [0.15, 0.2) is 12.1 Å². The monoisotopic (exact) mass is 658 g/mol. The van der Waals surface area contributed by atoms with Crippen LogP contribution in [-0.4, -0.2) is 102 Å². The highest BCUT2D eigenvalue weighted by Crippen LogP contribution is 2.16. The van der Waals surface area contributed by atoms with Crippen molar-refractivity contribution in [2.45, 2.75) is 83.1 Å². The van der Waals surface area contributed by atoms with E-state index in [1.54, 1.807) is 19.6 Å². The lowest BCUT2D eigenvalue weighted by molar-refractivity contribution is -0.894. The van der Waals surface area contributed by atoms with Crippen LogP contribution in [0.4, 0.5) is 0 Å². The molecule has 0 radical (unpaired) electrons. The third-order valence-electron chi connectivity index (χ3n) is 8.04. The van der Waals surface area contributed by atoms with Crippen molar-refractivity contribution in [2.24, 2.45) is 0 Å². The minimum absolute atomic E-state index is 0.306. The molecule has 0 atom stereocenters. The van der Waals surface area contributed by atoms with E-state index in [0.717, 1.165) is 0 Å². The van der Waals surface area contributed by atoms with Gasteiger partial charge in [0.25, 0.3) is 0 Å². The second kappa shape index (κ2) is 31.9. The van der Waals surface area contributed by atoms with E-state index in [2.05, 4.69) is 83.1 Å². The van der Waals surface area contributed by atoms with Crippen LogP contribution in [0.25, 0.3) is 0 Å². The van der Waals surface area contributed by atoms with Crippen LogP contribution in [0.1, 0.15) is 125 Å². The van der Waals surface area contributed by atoms with E-state index in [1.165, 1.54) is 78.5 Å². The van der Waals surface area contributed by atoms with E-state index < -0.39 is 46.1 Å². The first-order valence-electron chi connectivity index (χ1n) is 17.0. The van der Waals surface area contributed by atoms with Gasteiger partial charge in [0.05, 0.1) is 102 Å². The molecule has 12 heteroatoms. The molecule has 0 saturated heterocycles. The Balaban J connectivity index is -0.000000264. The zero-order chi connectivity index (χ0) is 36.8. The third kappa shape index (κ3) is 23.3. The fraction of sp³-hybridized carbons (Fsp3) is 0.706. The fourth-order valence-corrected chi connectivity index (χ4v) is 4.28. The summed E-state index contributed by atoms with van der Waals surface area (Å²) in [6, 6.07) is 0.613. The summed E-state index contributed by atoms with van der Waals surface area (Å²) in [6.45, 7) is 41.9. The molecule has 0 heterocycles. The van der Waals surface area contributed by atoms with E-state index in [-0.39, 0.29) is 0 Å². The van der Waals surface area contributed by atoms with Gasteiger partial charge in [-0.3, -0.25) is 0 Å². The van der Waals surface area contributed by atoms with Crippen molar-refractivity contribution in [3.05, 3.63) is 34.4 Å². The van der Waals surface area contributed by atoms with Crippen LogP contribution in [0.5, 0.6) is 0 Å². The molecule has 270 valence electrons. The molecular weight excluding hydrogens is 592 g/mol. The average Bonchev–Trinajstić information content (AvgIpc) is 3.04. The summed E-state index contributed by atoms with van der Waals surface area (Å²) in [5.41, 5.74) is -4.11. The number of nitrogens with one attached hydrogen (secondary N) is 4. The van der Waals surface area contributed by atoms with Crippen LogP contribution in [0, 0.1) is 0 Å². The highest BCUT2D eigenvalue weighted by atomic mass is 16.4. The first-order valence-corrected chi connectivity index (χ1v) is 17.0. The molecule has 0 aliphatic rings. The second-order valence-electron chi connectivity index (χ2n) is 10.3. The molecule has 0 bridgehead atoms.